The third-order valence-corrected chi connectivity index (χ3v) is 6.30. The highest BCUT2D eigenvalue weighted by molar-refractivity contribution is 6.01. The first-order valence-electron chi connectivity index (χ1n) is 11.9. The molecule has 0 radical (unpaired) electrons. The summed E-state index contributed by atoms with van der Waals surface area (Å²) >= 11 is 0. The van der Waals surface area contributed by atoms with Crippen molar-refractivity contribution >= 4 is 28.3 Å². The molecule has 2 heterocycles. The number of urea groups is 1. The van der Waals surface area contributed by atoms with Gasteiger partial charge in [0.1, 0.15) is 11.5 Å². The van der Waals surface area contributed by atoms with Crippen LogP contribution in [0.3, 0.4) is 0 Å². The van der Waals surface area contributed by atoms with E-state index in [1.807, 2.05) is 71.5 Å². The third-order valence-electron chi connectivity index (χ3n) is 6.30. The van der Waals surface area contributed by atoms with Crippen LogP contribution in [-0.2, 0) is 6.54 Å². The lowest BCUT2D eigenvalue weighted by molar-refractivity contribution is 0.154. The van der Waals surface area contributed by atoms with Gasteiger partial charge in [0.25, 0.3) is 0 Å². The Morgan fingerprint density at radius 2 is 1.71 bits per heavy atom. The summed E-state index contributed by atoms with van der Waals surface area (Å²) in [5.74, 6) is 1.45. The number of nitrogens with one attached hydrogen (secondary N) is 2. The molecule has 8 heteroatoms. The van der Waals surface area contributed by atoms with Gasteiger partial charge in [-0.15, -0.1) is 0 Å². The standard InChI is InChI=1S/C27H29N5O3/c33-19-23-5-4-14-31(23)15-16-32-26-13-10-22(17-20(26)18-28-32)30-27(34)29-21-8-11-25(12-9-21)35-24-6-2-1-3-7-24/h1-3,6-13,17-18,23,33H,4-5,14-16,19H2,(H2,29,30,34)/t23-/m0/s1. The van der Waals surface area contributed by atoms with Gasteiger partial charge in [0.15, 0.2) is 0 Å². The fourth-order valence-corrected chi connectivity index (χ4v) is 4.49. The van der Waals surface area contributed by atoms with Crippen molar-refractivity contribution in [2.45, 2.75) is 25.4 Å². The normalized spacial score (nSPS) is 15.9. The number of aromatic nitrogens is 2. The molecule has 1 atom stereocenters. The topological polar surface area (TPSA) is 91.7 Å². The number of carbonyl (C=O) groups is 1. The molecule has 8 nitrogen and oxygen atoms in total. The summed E-state index contributed by atoms with van der Waals surface area (Å²) in [4.78, 5) is 14.8. The number of benzene rings is 3. The summed E-state index contributed by atoms with van der Waals surface area (Å²) < 4.78 is 7.76. The van der Waals surface area contributed by atoms with E-state index in [2.05, 4.69) is 20.6 Å². The Balaban J connectivity index is 1.16. The minimum Gasteiger partial charge on any atom is -0.457 e. The minimum atomic E-state index is -0.322. The first kappa shape index (κ1) is 22.9. The van der Waals surface area contributed by atoms with Crippen LogP contribution in [-0.4, -0.2) is 51.6 Å². The Labute approximate surface area is 204 Å². The maximum Gasteiger partial charge on any atom is 0.323 e. The lowest BCUT2D eigenvalue weighted by Crippen LogP contribution is -2.34. The molecule has 5 rings (SSSR count). The van der Waals surface area contributed by atoms with E-state index in [0.29, 0.717) is 17.1 Å². The second-order valence-electron chi connectivity index (χ2n) is 8.67. The van der Waals surface area contributed by atoms with E-state index in [4.69, 9.17) is 4.74 Å². The number of hydrogen-bond acceptors (Lipinski definition) is 5. The maximum atomic E-state index is 12.5. The number of likely N-dealkylation sites (tertiary alicyclic amines) is 1. The van der Waals surface area contributed by atoms with Gasteiger partial charge in [-0.3, -0.25) is 9.58 Å². The van der Waals surface area contributed by atoms with Gasteiger partial charge < -0.3 is 20.5 Å². The van der Waals surface area contributed by atoms with Crippen LogP contribution < -0.4 is 15.4 Å². The largest absolute Gasteiger partial charge is 0.457 e. The molecular weight excluding hydrogens is 442 g/mol. The molecule has 2 amide bonds. The predicted octanol–water partition coefficient (Wildman–Crippen LogP) is 4.93. The smallest absolute Gasteiger partial charge is 0.323 e. The number of hydrogen-bond donors (Lipinski definition) is 3. The lowest BCUT2D eigenvalue weighted by Gasteiger charge is -2.22. The number of ether oxygens (including phenoxy) is 1. The van der Waals surface area contributed by atoms with Crippen molar-refractivity contribution in [3.63, 3.8) is 0 Å². The summed E-state index contributed by atoms with van der Waals surface area (Å²) in [5, 5.41) is 20.7. The molecule has 35 heavy (non-hydrogen) atoms. The van der Waals surface area contributed by atoms with Crippen LogP contribution in [0.2, 0.25) is 0 Å². The summed E-state index contributed by atoms with van der Waals surface area (Å²) in [7, 11) is 0. The van der Waals surface area contributed by atoms with Crippen molar-refractivity contribution in [3.8, 4) is 11.5 Å². The van der Waals surface area contributed by atoms with E-state index in [0.717, 1.165) is 49.1 Å². The minimum absolute atomic E-state index is 0.211. The van der Waals surface area contributed by atoms with Gasteiger partial charge in [0.2, 0.25) is 0 Å². The Bertz CT molecular complexity index is 1270. The Morgan fingerprint density at radius 1 is 0.971 bits per heavy atom. The van der Waals surface area contributed by atoms with E-state index < -0.39 is 0 Å². The van der Waals surface area contributed by atoms with Gasteiger partial charge in [-0.05, 0) is 74.0 Å². The fraction of sp³-hybridized carbons (Fsp3) is 0.259. The number of rotatable bonds is 8. The first-order chi connectivity index (χ1) is 17.2. The highest BCUT2D eigenvalue weighted by Crippen LogP contribution is 2.24. The predicted molar refractivity (Wildman–Crippen MR) is 137 cm³/mol. The van der Waals surface area contributed by atoms with Crippen molar-refractivity contribution in [1.82, 2.24) is 14.7 Å². The van der Waals surface area contributed by atoms with Crippen LogP contribution in [0.1, 0.15) is 12.8 Å². The average molecular weight is 472 g/mol. The Kier molecular flexibility index (Phi) is 6.92. The van der Waals surface area contributed by atoms with Gasteiger partial charge in [-0.1, -0.05) is 18.2 Å². The lowest BCUT2D eigenvalue weighted by atomic mass is 10.2. The average Bonchev–Trinajstić information content (AvgIpc) is 3.50. The van der Waals surface area contributed by atoms with E-state index >= 15 is 0 Å². The van der Waals surface area contributed by atoms with Gasteiger partial charge in [-0.25, -0.2) is 4.79 Å². The van der Waals surface area contributed by atoms with Gasteiger partial charge >= 0.3 is 6.03 Å². The number of carbonyl (C=O) groups excluding carboxylic acids is 1. The Morgan fingerprint density at radius 3 is 2.51 bits per heavy atom. The van der Waals surface area contributed by atoms with Gasteiger partial charge in [0.05, 0.1) is 24.9 Å². The molecule has 1 fully saturated rings. The highest BCUT2D eigenvalue weighted by atomic mass is 16.5. The number of anilines is 2. The van der Waals surface area contributed by atoms with Crippen LogP contribution in [0, 0.1) is 0 Å². The van der Waals surface area contributed by atoms with Gasteiger partial charge in [-0.2, -0.15) is 5.10 Å². The third kappa shape index (κ3) is 5.62. The number of fused-ring (bicyclic) bond motifs is 1. The van der Waals surface area contributed by atoms with Crippen LogP contribution in [0.4, 0.5) is 16.2 Å². The van der Waals surface area contributed by atoms with E-state index in [1.165, 1.54) is 0 Å². The molecule has 1 aliphatic rings. The molecule has 1 aromatic heterocycles. The summed E-state index contributed by atoms with van der Waals surface area (Å²) in [6.45, 7) is 2.86. The SMILES string of the molecule is O=C(Nc1ccc(Oc2ccccc2)cc1)Nc1ccc2c(cnn2CCN2CCC[C@H]2CO)c1. The van der Waals surface area contributed by atoms with E-state index in [1.54, 1.807) is 12.1 Å². The molecule has 0 bridgehead atoms. The first-order valence-corrected chi connectivity index (χ1v) is 11.9. The van der Waals surface area contributed by atoms with Crippen LogP contribution in [0.25, 0.3) is 10.9 Å². The molecule has 0 aliphatic carbocycles. The molecular formula is C27H29N5O3. The number of nitrogens with zero attached hydrogens (tertiary/aromatic N) is 3. The zero-order valence-electron chi connectivity index (χ0n) is 19.4. The molecule has 0 unspecified atom stereocenters. The van der Waals surface area contributed by atoms with Crippen molar-refractivity contribution in [1.29, 1.82) is 0 Å². The second kappa shape index (κ2) is 10.6. The van der Waals surface area contributed by atoms with E-state index in [-0.39, 0.29) is 18.7 Å². The monoisotopic (exact) mass is 471 g/mol. The highest BCUT2D eigenvalue weighted by Gasteiger charge is 2.23. The van der Waals surface area contributed by atoms with Crippen LogP contribution >= 0.6 is 0 Å². The van der Waals surface area contributed by atoms with E-state index in [9.17, 15) is 9.90 Å². The fourth-order valence-electron chi connectivity index (χ4n) is 4.49. The van der Waals surface area contributed by atoms with Crippen LogP contribution in [0.15, 0.2) is 79.0 Å². The van der Waals surface area contributed by atoms with Crippen molar-refractivity contribution in [2.24, 2.45) is 0 Å². The van der Waals surface area contributed by atoms with Crippen molar-refractivity contribution in [3.05, 3.63) is 79.0 Å². The summed E-state index contributed by atoms with van der Waals surface area (Å²) in [6.07, 6.45) is 4.00. The van der Waals surface area contributed by atoms with Gasteiger partial charge in [0, 0.05) is 29.3 Å². The molecule has 1 saturated heterocycles. The molecule has 4 aromatic rings. The molecule has 1 aliphatic heterocycles. The molecule has 3 aromatic carbocycles. The molecule has 3 N–H and O–H groups in total. The molecule has 0 saturated carbocycles. The number of amides is 2. The van der Waals surface area contributed by atoms with Crippen molar-refractivity contribution < 1.29 is 14.6 Å². The van der Waals surface area contributed by atoms with Crippen molar-refractivity contribution in [2.75, 3.05) is 30.3 Å². The zero-order chi connectivity index (χ0) is 24.0. The number of para-hydroxylation sites is 1. The maximum absolute atomic E-state index is 12.5. The summed E-state index contributed by atoms with van der Waals surface area (Å²) in [6, 6.07) is 22.5. The molecule has 180 valence electrons. The van der Waals surface area contributed by atoms with Crippen LogP contribution in [0.5, 0.6) is 11.5 Å². The molecule has 0 spiro atoms. The summed E-state index contributed by atoms with van der Waals surface area (Å²) in [5.41, 5.74) is 2.38. The zero-order valence-corrected chi connectivity index (χ0v) is 19.4. The second-order valence-corrected chi connectivity index (χ2v) is 8.67. The Hall–Kier alpha value is -3.88. The number of aliphatic hydroxyl groups is 1. The number of aliphatic hydroxyl groups excluding tert-OH is 1. The quantitative estimate of drug-likeness (QED) is 0.339.